The summed E-state index contributed by atoms with van der Waals surface area (Å²) >= 11 is 7.84. The van der Waals surface area contributed by atoms with E-state index < -0.39 is 0 Å². The predicted molar refractivity (Wildman–Crippen MR) is 102 cm³/mol. The SMILES string of the molecule is Cl.Cn1nnnc1SCCCNCc1ccc(-c2ccccc2Cl)o1. The van der Waals surface area contributed by atoms with Crippen LogP contribution < -0.4 is 5.32 Å². The zero-order valence-electron chi connectivity index (χ0n) is 13.7. The van der Waals surface area contributed by atoms with E-state index in [-0.39, 0.29) is 12.4 Å². The molecule has 0 spiro atoms. The average molecular weight is 400 g/mol. The molecule has 9 heteroatoms. The van der Waals surface area contributed by atoms with Crippen LogP contribution in [0.25, 0.3) is 11.3 Å². The molecule has 25 heavy (non-hydrogen) atoms. The largest absolute Gasteiger partial charge is 0.460 e. The van der Waals surface area contributed by atoms with Gasteiger partial charge < -0.3 is 9.73 Å². The molecule has 0 unspecified atom stereocenters. The third-order valence-corrected chi connectivity index (χ3v) is 4.84. The first-order valence-electron chi connectivity index (χ1n) is 7.63. The van der Waals surface area contributed by atoms with Gasteiger partial charge in [0.2, 0.25) is 5.16 Å². The van der Waals surface area contributed by atoms with Crippen molar-refractivity contribution in [2.75, 3.05) is 12.3 Å². The summed E-state index contributed by atoms with van der Waals surface area (Å²) in [5.41, 5.74) is 0.916. The number of nitrogens with one attached hydrogen (secondary N) is 1. The smallest absolute Gasteiger partial charge is 0.209 e. The molecule has 3 rings (SSSR count). The van der Waals surface area contributed by atoms with Crippen molar-refractivity contribution < 1.29 is 4.42 Å². The van der Waals surface area contributed by atoms with Crippen LogP contribution >= 0.6 is 35.8 Å². The molecule has 2 heterocycles. The van der Waals surface area contributed by atoms with E-state index in [4.69, 9.17) is 16.0 Å². The van der Waals surface area contributed by atoms with Crippen LogP contribution in [0, 0.1) is 0 Å². The monoisotopic (exact) mass is 399 g/mol. The molecule has 0 fully saturated rings. The van der Waals surface area contributed by atoms with Gasteiger partial charge in [-0.1, -0.05) is 35.5 Å². The minimum Gasteiger partial charge on any atom is -0.460 e. The molecule has 134 valence electrons. The maximum Gasteiger partial charge on any atom is 0.209 e. The van der Waals surface area contributed by atoms with E-state index in [2.05, 4.69) is 20.8 Å². The van der Waals surface area contributed by atoms with Gasteiger partial charge in [-0.2, -0.15) is 0 Å². The lowest BCUT2D eigenvalue weighted by atomic mass is 10.2. The van der Waals surface area contributed by atoms with E-state index in [1.165, 1.54) is 0 Å². The zero-order chi connectivity index (χ0) is 16.8. The number of hydrogen-bond donors (Lipinski definition) is 1. The fourth-order valence-corrected chi connectivity index (χ4v) is 3.21. The fraction of sp³-hybridized carbons (Fsp3) is 0.312. The summed E-state index contributed by atoms with van der Waals surface area (Å²) in [5.74, 6) is 2.65. The first-order chi connectivity index (χ1) is 11.7. The maximum absolute atomic E-state index is 6.19. The minimum absolute atomic E-state index is 0. The van der Waals surface area contributed by atoms with E-state index in [1.54, 1.807) is 16.4 Å². The zero-order valence-corrected chi connectivity index (χ0v) is 16.1. The number of nitrogens with zero attached hydrogens (tertiary/aromatic N) is 4. The Morgan fingerprint density at radius 2 is 2.08 bits per heavy atom. The molecule has 6 nitrogen and oxygen atoms in total. The van der Waals surface area contributed by atoms with E-state index in [9.17, 15) is 0 Å². The van der Waals surface area contributed by atoms with Crippen LogP contribution in [0.2, 0.25) is 5.02 Å². The number of aromatic nitrogens is 4. The summed E-state index contributed by atoms with van der Waals surface area (Å²) in [6.07, 6.45) is 1.02. The molecule has 0 aliphatic heterocycles. The van der Waals surface area contributed by atoms with Crippen LogP contribution in [0.15, 0.2) is 46.0 Å². The molecule has 0 bridgehead atoms. The molecule has 0 aliphatic carbocycles. The first kappa shape index (κ1) is 19.8. The van der Waals surface area contributed by atoms with Gasteiger partial charge in [0, 0.05) is 18.4 Å². The molecular weight excluding hydrogens is 381 g/mol. The number of halogens is 2. The fourth-order valence-electron chi connectivity index (χ4n) is 2.19. The number of thioether (sulfide) groups is 1. The summed E-state index contributed by atoms with van der Waals surface area (Å²) < 4.78 is 7.53. The quantitative estimate of drug-likeness (QED) is 0.458. The Bertz CT molecular complexity index is 792. The Hall–Kier alpha value is -1.54. The summed E-state index contributed by atoms with van der Waals surface area (Å²) in [6.45, 7) is 1.60. The van der Waals surface area contributed by atoms with Crippen LogP contribution in [0.3, 0.4) is 0 Å². The molecule has 1 aromatic carbocycles. The standard InChI is InChI=1S/C16H18ClN5OS.ClH/c1-22-16(19-20-21-22)24-10-4-9-18-11-12-7-8-15(23-12)13-5-2-3-6-14(13)17;/h2-3,5-8,18H,4,9-11H2,1H3;1H. The Labute approximate surface area is 161 Å². The van der Waals surface area contributed by atoms with Crippen molar-refractivity contribution in [3.05, 3.63) is 47.2 Å². The van der Waals surface area contributed by atoms with Crippen molar-refractivity contribution in [2.24, 2.45) is 7.05 Å². The number of aryl methyl sites for hydroxylation is 1. The van der Waals surface area contributed by atoms with Crippen molar-refractivity contribution in [1.29, 1.82) is 0 Å². The van der Waals surface area contributed by atoms with Crippen molar-refractivity contribution >= 4 is 35.8 Å². The van der Waals surface area contributed by atoms with Gasteiger partial charge >= 0.3 is 0 Å². The van der Waals surface area contributed by atoms with Crippen LogP contribution in [-0.4, -0.2) is 32.5 Å². The van der Waals surface area contributed by atoms with Crippen LogP contribution in [0.4, 0.5) is 0 Å². The number of benzene rings is 1. The first-order valence-corrected chi connectivity index (χ1v) is 9.00. The molecule has 2 aromatic heterocycles. The van der Waals surface area contributed by atoms with Gasteiger partial charge in [0.15, 0.2) is 0 Å². The minimum atomic E-state index is 0. The lowest BCUT2D eigenvalue weighted by Crippen LogP contribution is -2.14. The molecule has 3 aromatic rings. The topological polar surface area (TPSA) is 68.8 Å². The highest BCUT2D eigenvalue weighted by Gasteiger charge is 2.08. The molecule has 0 saturated carbocycles. The van der Waals surface area contributed by atoms with Crippen molar-refractivity contribution in [3.8, 4) is 11.3 Å². The van der Waals surface area contributed by atoms with Gasteiger partial charge in [0.1, 0.15) is 11.5 Å². The molecule has 1 N–H and O–H groups in total. The molecule has 0 aliphatic rings. The molecule has 0 atom stereocenters. The Morgan fingerprint density at radius 1 is 1.24 bits per heavy atom. The molecular formula is C16H19Cl2N5OS. The highest BCUT2D eigenvalue weighted by Crippen LogP contribution is 2.28. The number of tetrazole rings is 1. The second-order valence-corrected chi connectivity index (χ2v) is 6.68. The third-order valence-electron chi connectivity index (χ3n) is 3.41. The highest BCUT2D eigenvalue weighted by atomic mass is 35.5. The van der Waals surface area contributed by atoms with Crippen molar-refractivity contribution in [1.82, 2.24) is 25.5 Å². The maximum atomic E-state index is 6.19. The van der Waals surface area contributed by atoms with Gasteiger partial charge in [0.05, 0.1) is 11.6 Å². The normalized spacial score (nSPS) is 10.6. The van der Waals surface area contributed by atoms with Gasteiger partial charge in [-0.05, 0) is 47.7 Å². The second kappa shape index (κ2) is 9.82. The predicted octanol–water partition coefficient (Wildman–Crippen LogP) is 3.82. The lowest BCUT2D eigenvalue weighted by molar-refractivity contribution is 0.494. The molecule has 0 amide bonds. The average Bonchev–Trinajstić information content (AvgIpc) is 3.20. The van der Waals surface area contributed by atoms with Gasteiger partial charge in [0.25, 0.3) is 0 Å². The lowest BCUT2D eigenvalue weighted by Gasteiger charge is -2.03. The number of hydrogen-bond acceptors (Lipinski definition) is 6. The summed E-state index contributed by atoms with van der Waals surface area (Å²) in [5, 5.41) is 16.3. The van der Waals surface area contributed by atoms with Crippen molar-refractivity contribution in [3.63, 3.8) is 0 Å². The van der Waals surface area contributed by atoms with Crippen LogP contribution in [-0.2, 0) is 13.6 Å². The summed E-state index contributed by atoms with van der Waals surface area (Å²) in [7, 11) is 1.84. The van der Waals surface area contributed by atoms with E-state index in [0.717, 1.165) is 41.0 Å². The van der Waals surface area contributed by atoms with Gasteiger partial charge in [-0.15, -0.1) is 17.5 Å². The van der Waals surface area contributed by atoms with E-state index >= 15 is 0 Å². The summed E-state index contributed by atoms with van der Waals surface area (Å²) in [4.78, 5) is 0. The Morgan fingerprint density at radius 3 is 2.84 bits per heavy atom. The Kier molecular flexibility index (Phi) is 7.77. The molecule has 0 radical (unpaired) electrons. The van der Waals surface area contributed by atoms with E-state index in [1.807, 2.05) is 43.4 Å². The van der Waals surface area contributed by atoms with Crippen molar-refractivity contribution in [2.45, 2.75) is 18.1 Å². The second-order valence-electron chi connectivity index (χ2n) is 5.21. The molecule has 0 saturated heterocycles. The van der Waals surface area contributed by atoms with E-state index in [0.29, 0.717) is 11.6 Å². The van der Waals surface area contributed by atoms with Gasteiger partial charge in [-0.3, -0.25) is 0 Å². The van der Waals surface area contributed by atoms with Crippen LogP contribution in [0.5, 0.6) is 0 Å². The third kappa shape index (κ3) is 5.47. The van der Waals surface area contributed by atoms with Crippen LogP contribution in [0.1, 0.15) is 12.2 Å². The highest BCUT2D eigenvalue weighted by molar-refractivity contribution is 7.99. The number of rotatable bonds is 8. The summed E-state index contributed by atoms with van der Waals surface area (Å²) in [6, 6.07) is 11.6. The van der Waals surface area contributed by atoms with Gasteiger partial charge in [-0.25, -0.2) is 4.68 Å². The Balaban J connectivity index is 0.00000225. The number of furan rings is 1.